The Morgan fingerprint density at radius 2 is 1.68 bits per heavy atom. The predicted molar refractivity (Wildman–Crippen MR) is 113 cm³/mol. The summed E-state index contributed by atoms with van der Waals surface area (Å²) in [6, 6.07) is 7.93. The summed E-state index contributed by atoms with van der Waals surface area (Å²) in [4.78, 5) is 23.5. The third kappa shape index (κ3) is 10.3. The Balaban J connectivity index is 2.43. The number of aldehydes is 1. The number of carbonyl (C=O) groups excluding carboxylic acids is 2. The van der Waals surface area contributed by atoms with E-state index in [1.165, 1.54) is 25.7 Å². The van der Waals surface area contributed by atoms with Crippen LogP contribution in [0.4, 0.5) is 4.79 Å². The highest BCUT2D eigenvalue weighted by atomic mass is 16.6. The lowest BCUT2D eigenvalue weighted by Crippen LogP contribution is -2.49. The van der Waals surface area contributed by atoms with Crippen molar-refractivity contribution >= 4 is 12.4 Å². The van der Waals surface area contributed by atoms with Gasteiger partial charge in [0.1, 0.15) is 17.6 Å². The average molecular weight is 392 g/mol. The molecule has 0 aliphatic carbocycles. The summed E-state index contributed by atoms with van der Waals surface area (Å²) in [6.07, 6.45) is 7.45. The van der Waals surface area contributed by atoms with E-state index in [0.717, 1.165) is 30.6 Å². The van der Waals surface area contributed by atoms with Crippen molar-refractivity contribution < 1.29 is 19.1 Å². The number of amides is 1. The zero-order chi connectivity index (χ0) is 21.0. The van der Waals surface area contributed by atoms with E-state index in [-0.39, 0.29) is 0 Å². The fourth-order valence-electron chi connectivity index (χ4n) is 2.74. The van der Waals surface area contributed by atoms with Crippen LogP contribution in [0.1, 0.15) is 78.7 Å². The van der Waals surface area contributed by atoms with Gasteiger partial charge in [0, 0.05) is 0 Å². The molecule has 0 saturated heterocycles. The SMILES string of the molecule is CCCCCCCOc1ccc(CCC(C)(C=O)NC(=O)OC(C)(C)C)cc1. The molecule has 158 valence electrons. The third-order valence-corrected chi connectivity index (χ3v) is 4.42. The normalized spacial score (nSPS) is 13.5. The van der Waals surface area contributed by atoms with Gasteiger partial charge in [0.05, 0.1) is 12.1 Å². The second kappa shape index (κ2) is 11.7. The van der Waals surface area contributed by atoms with E-state index in [0.29, 0.717) is 12.8 Å². The number of aryl methyl sites for hydroxylation is 1. The lowest BCUT2D eigenvalue weighted by atomic mass is 9.95. The first-order valence-electron chi connectivity index (χ1n) is 10.4. The van der Waals surface area contributed by atoms with Crippen LogP contribution in [0.5, 0.6) is 5.75 Å². The quantitative estimate of drug-likeness (QED) is 0.380. The first kappa shape index (κ1) is 24.0. The maximum absolute atomic E-state index is 12.0. The van der Waals surface area contributed by atoms with E-state index in [1.54, 1.807) is 27.7 Å². The summed E-state index contributed by atoms with van der Waals surface area (Å²) in [5.74, 6) is 0.865. The fraction of sp³-hybridized carbons (Fsp3) is 0.652. The Morgan fingerprint density at radius 1 is 1.04 bits per heavy atom. The molecule has 1 atom stereocenters. The van der Waals surface area contributed by atoms with Crippen LogP contribution >= 0.6 is 0 Å². The van der Waals surface area contributed by atoms with Crippen LogP contribution in [-0.2, 0) is 16.0 Å². The summed E-state index contributed by atoms with van der Waals surface area (Å²) in [7, 11) is 0. The molecule has 0 fully saturated rings. The van der Waals surface area contributed by atoms with Crippen molar-refractivity contribution in [2.24, 2.45) is 0 Å². The Labute approximate surface area is 170 Å². The van der Waals surface area contributed by atoms with Crippen LogP contribution in [0.15, 0.2) is 24.3 Å². The summed E-state index contributed by atoms with van der Waals surface area (Å²) in [5, 5.41) is 2.68. The standard InChI is InChI=1S/C23H37NO4/c1-6-7-8-9-10-17-27-20-13-11-19(12-14-20)15-16-23(5,18-25)24-21(26)28-22(2,3)4/h11-14,18H,6-10,15-17H2,1-5H3,(H,24,26). The van der Waals surface area contributed by atoms with Crippen LogP contribution in [0.25, 0.3) is 0 Å². The van der Waals surface area contributed by atoms with Gasteiger partial charge in [0.15, 0.2) is 0 Å². The molecule has 0 spiro atoms. The molecular formula is C23H37NO4. The Morgan fingerprint density at radius 3 is 2.25 bits per heavy atom. The lowest BCUT2D eigenvalue weighted by Gasteiger charge is -2.27. The van der Waals surface area contributed by atoms with Gasteiger partial charge < -0.3 is 19.6 Å². The third-order valence-electron chi connectivity index (χ3n) is 4.42. The fourth-order valence-corrected chi connectivity index (χ4v) is 2.74. The van der Waals surface area contributed by atoms with Gasteiger partial charge in [0.2, 0.25) is 0 Å². The summed E-state index contributed by atoms with van der Waals surface area (Å²) < 4.78 is 11.0. The Kier molecular flexibility index (Phi) is 10.0. The van der Waals surface area contributed by atoms with Crippen LogP contribution in [-0.4, -0.2) is 30.1 Å². The number of alkyl carbamates (subject to hydrolysis) is 1. The Bertz CT molecular complexity index is 592. The largest absolute Gasteiger partial charge is 0.494 e. The zero-order valence-electron chi connectivity index (χ0n) is 18.2. The zero-order valence-corrected chi connectivity index (χ0v) is 18.2. The molecule has 5 heteroatoms. The van der Waals surface area contributed by atoms with Crippen LogP contribution in [0.3, 0.4) is 0 Å². The molecule has 1 aromatic carbocycles. The predicted octanol–water partition coefficient (Wildman–Crippen LogP) is 5.45. The molecule has 0 aliphatic heterocycles. The van der Waals surface area contributed by atoms with Gasteiger partial charge in [0.25, 0.3) is 0 Å². The van der Waals surface area contributed by atoms with E-state index in [2.05, 4.69) is 12.2 Å². The van der Waals surface area contributed by atoms with Gasteiger partial charge in [-0.05, 0) is 64.7 Å². The van der Waals surface area contributed by atoms with Crippen LogP contribution in [0, 0.1) is 0 Å². The second-order valence-corrected chi connectivity index (χ2v) is 8.57. The van der Waals surface area contributed by atoms with Gasteiger partial charge in [-0.25, -0.2) is 4.79 Å². The van der Waals surface area contributed by atoms with Gasteiger partial charge in [-0.1, -0.05) is 44.7 Å². The van der Waals surface area contributed by atoms with Gasteiger partial charge in [-0.2, -0.15) is 0 Å². The first-order chi connectivity index (χ1) is 13.2. The molecule has 0 aromatic heterocycles. The highest BCUT2D eigenvalue weighted by Crippen LogP contribution is 2.18. The molecule has 0 bridgehead atoms. The Hall–Kier alpha value is -2.04. The number of benzene rings is 1. The molecule has 1 amide bonds. The molecule has 1 unspecified atom stereocenters. The number of ether oxygens (including phenoxy) is 2. The number of hydrogen-bond donors (Lipinski definition) is 1. The molecule has 1 N–H and O–H groups in total. The smallest absolute Gasteiger partial charge is 0.408 e. The molecule has 1 rings (SSSR count). The highest BCUT2D eigenvalue weighted by molar-refractivity contribution is 5.76. The van der Waals surface area contributed by atoms with Crippen molar-refractivity contribution in [2.75, 3.05) is 6.61 Å². The summed E-state index contributed by atoms with van der Waals surface area (Å²) >= 11 is 0. The molecule has 0 aliphatic rings. The maximum Gasteiger partial charge on any atom is 0.408 e. The number of carbonyl (C=O) groups is 2. The number of unbranched alkanes of at least 4 members (excludes halogenated alkanes) is 4. The number of rotatable bonds is 12. The molecule has 28 heavy (non-hydrogen) atoms. The molecule has 0 radical (unpaired) electrons. The minimum absolute atomic E-state index is 0.493. The topological polar surface area (TPSA) is 64.6 Å². The molecule has 0 heterocycles. The van der Waals surface area contributed by atoms with E-state index in [1.807, 2.05) is 24.3 Å². The molecule has 1 aromatic rings. The van der Waals surface area contributed by atoms with Gasteiger partial charge in [-0.15, -0.1) is 0 Å². The minimum atomic E-state index is -0.962. The van der Waals surface area contributed by atoms with E-state index in [9.17, 15) is 9.59 Å². The van der Waals surface area contributed by atoms with Crippen molar-refractivity contribution in [2.45, 2.75) is 90.7 Å². The highest BCUT2D eigenvalue weighted by Gasteiger charge is 2.28. The van der Waals surface area contributed by atoms with Crippen molar-refractivity contribution in [3.8, 4) is 5.75 Å². The molecular weight excluding hydrogens is 354 g/mol. The monoisotopic (exact) mass is 391 g/mol. The second-order valence-electron chi connectivity index (χ2n) is 8.57. The van der Waals surface area contributed by atoms with Crippen molar-refractivity contribution in [3.05, 3.63) is 29.8 Å². The van der Waals surface area contributed by atoms with Gasteiger partial charge >= 0.3 is 6.09 Å². The number of hydrogen-bond acceptors (Lipinski definition) is 4. The number of nitrogens with one attached hydrogen (secondary N) is 1. The van der Waals surface area contributed by atoms with E-state index in [4.69, 9.17) is 9.47 Å². The van der Waals surface area contributed by atoms with Crippen LogP contribution < -0.4 is 10.1 Å². The summed E-state index contributed by atoms with van der Waals surface area (Å²) in [5.41, 5.74) is -0.468. The van der Waals surface area contributed by atoms with Crippen LogP contribution in [0.2, 0.25) is 0 Å². The summed E-state index contributed by atoms with van der Waals surface area (Å²) in [6.45, 7) is 10.0. The molecule has 0 saturated carbocycles. The lowest BCUT2D eigenvalue weighted by molar-refractivity contribution is -0.113. The minimum Gasteiger partial charge on any atom is -0.494 e. The average Bonchev–Trinajstić information content (AvgIpc) is 2.62. The van der Waals surface area contributed by atoms with Crippen molar-refractivity contribution in [1.82, 2.24) is 5.32 Å². The van der Waals surface area contributed by atoms with Crippen molar-refractivity contribution in [1.29, 1.82) is 0 Å². The van der Waals surface area contributed by atoms with Gasteiger partial charge in [-0.3, -0.25) is 0 Å². The maximum atomic E-state index is 12.0. The van der Waals surface area contributed by atoms with Crippen molar-refractivity contribution in [3.63, 3.8) is 0 Å². The van der Waals surface area contributed by atoms with E-state index >= 15 is 0 Å². The molecule has 5 nitrogen and oxygen atoms in total. The first-order valence-corrected chi connectivity index (χ1v) is 10.4. The van der Waals surface area contributed by atoms with E-state index < -0.39 is 17.2 Å².